The van der Waals surface area contributed by atoms with E-state index in [2.05, 4.69) is 17.5 Å². The van der Waals surface area contributed by atoms with E-state index in [0.717, 1.165) is 12.0 Å². The van der Waals surface area contributed by atoms with Crippen LogP contribution in [0.1, 0.15) is 15.9 Å². The van der Waals surface area contributed by atoms with Gasteiger partial charge in [-0.15, -0.1) is 23.1 Å². The fraction of sp³-hybridized carbons (Fsp3) is 0.154. The van der Waals surface area contributed by atoms with E-state index in [1.54, 1.807) is 23.1 Å². The van der Waals surface area contributed by atoms with Gasteiger partial charge in [0, 0.05) is 5.56 Å². The van der Waals surface area contributed by atoms with Crippen molar-refractivity contribution in [1.29, 1.82) is 0 Å². The number of fused-ring (bicyclic) bond motifs is 1. The van der Waals surface area contributed by atoms with E-state index in [4.69, 9.17) is 0 Å². The Kier molecular flexibility index (Phi) is 2.58. The molecule has 0 bridgehead atoms. The number of thioether (sulfide) groups is 1. The first-order chi connectivity index (χ1) is 7.84. The van der Waals surface area contributed by atoms with Gasteiger partial charge in [0.15, 0.2) is 5.78 Å². The molecule has 1 aromatic carbocycles. The van der Waals surface area contributed by atoms with Crippen LogP contribution in [-0.4, -0.2) is 11.0 Å². The fourth-order valence-electron chi connectivity index (χ4n) is 1.97. The molecule has 0 amide bonds. The Bertz CT molecular complexity index is 514. The molecule has 1 aromatic heterocycles. The van der Waals surface area contributed by atoms with E-state index >= 15 is 0 Å². The third-order valence-corrected chi connectivity index (χ3v) is 5.01. The summed E-state index contributed by atoms with van der Waals surface area (Å²) in [4.78, 5) is 12.1. The van der Waals surface area contributed by atoms with Crippen LogP contribution in [0.2, 0.25) is 0 Å². The highest BCUT2D eigenvalue weighted by Crippen LogP contribution is 2.36. The molecule has 0 radical (unpaired) electrons. The first-order valence-corrected chi connectivity index (χ1v) is 6.93. The van der Waals surface area contributed by atoms with Gasteiger partial charge in [-0.25, -0.2) is 0 Å². The summed E-state index contributed by atoms with van der Waals surface area (Å²) in [6.07, 6.45) is 0.873. The van der Waals surface area contributed by atoms with Crippen molar-refractivity contribution >= 4 is 28.9 Å². The van der Waals surface area contributed by atoms with Gasteiger partial charge in [0.05, 0.1) is 9.46 Å². The SMILES string of the molecule is O=C1c2ccccc2CC1Sc1cccs1. The van der Waals surface area contributed by atoms with Crippen molar-refractivity contribution in [2.75, 3.05) is 0 Å². The lowest BCUT2D eigenvalue weighted by Crippen LogP contribution is -2.10. The first-order valence-electron chi connectivity index (χ1n) is 5.17. The molecule has 1 atom stereocenters. The number of ketones is 1. The van der Waals surface area contributed by atoms with Gasteiger partial charge in [-0.2, -0.15) is 0 Å². The average molecular weight is 246 g/mol. The van der Waals surface area contributed by atoms with Crippen LogP contribution in [0.25, 0.3) is 0 Å². The van der Waals surface area contributed by atoms with Crippen LogP contribution in [0.5, 0.6) is 0 Å². The minimum absolute atomic E-state index is 0.0797. The third kappa shape index (κ3) is 1.70. The highest BCUT2D eigenvalue weighted by molar-refractivity contribution is 8.02. The van der Waals surface area contributed by atoms with E-state index in [1.807, 2.05) is 24.3 Å². The lowest BCUT2D eigenvalue weighted by atomic mass is 10.1. The quantitative estimate of drug-likeness (QED) is 0.804. The normalized spacial score (nSPS) is 18.8. The van der Waals surface area contributed by atoms with Gasteiger partial charge in [-0.05, 0) is 23.4 Å². The molecule has 1 aliphatic rings. The monoisotopic (exact) mass is 246 g/mol. The van der Waals surface area contributed by atoms with Crippen molar-refractivity contribution in [3.8, 4) is 0 Å². The number of carbonyl (C=O) groups excluding carboxylic acids is 1. The molecular weight excluding hydrogens is 236 g/mol. The second-order valence-corrected chi connectivity index (χ2v) is 6.21. The highest BCUT2D eigenvalue weighted by Gasteiger charge is 2.30. The largest absolute Gasteiger partial charge is 0.293 e. The molecule has 2 aromatic rings. The first kappa shape index (κ1) is 10.1. The maximum absolute atomic E-state index is 12.1. The van der Waals surface area contributed by atoms with Crippen molar-refractivity contribution in [3.05, 3.63) is 52.9 Å². The summed E-state index contributed by atoms with van der Waals surface area (Å²) in [6.45, 7) is 0. The van der Waals surface area contributed by atoms with Crippen LogP contribution in [0.4, 0.5) is 0 Å². The maximum atomic E-state index is 12.1. The lowest BCUT2D eigenvalue weighted by molar-refractivity contribution is 0.100. The van der Waals surface area contributed by atoms with Gasteiger partial charge in [0.2, 0.25) is 0 Å². The summed E-state index contributed by atoms with van der Waals surface area (Å²) in [5.74, 6) is 0.286. The minimum atomic E-state index is 0.0797. The number of thiophene rings is 1. The van der Waals surface area contributed by atoms with Crippen molar-refractivity contribution in [3.63, 3.8) is 0 Å². The number of rotatable bonds is 2. The maximum Gasteiger partial charge on any atom is 0.176 e. The van der Waals surface area contributed by atoms with Crippen molar-refractivity contribution in [2.45, 2.75) is 15.9 Å². The van der Waals surface area contributed by atoms with Crippen molar-refractivity contribution < 1.29 is 4.79 Å². The Hall–Kier alpha value is -1.06. The van der Waals surface area contributed by atoms with E-state index in [1.165, 1.54) is 9.77 Å². The van der Waals surface area contributed by atoms with Gasteiger partial charge in [-0.3, -0.25) is 4.79 Å². The molecule has 0 N–H and O–H groups in total. The molecule has 0 aliphatic heterocycles. The van der Waals surface area contributed by atoms with E-state index in [0.29, 0.717) is 0 Å². The summed E-state index contributed by atoms with van der Waals surface area (Å²) < 4.78 is 1.23. The van der Waals surface area contributed by atoms with Crippen LogP contribution in [0, 0.1) is 0 Å². The van der Waals surface area contributed by atoms with E-state index < -0.39 is 0 Å². The average Bonchev–Trinajstić information content (AvgIpc) is 2.90. The molecule has 0 saturated carbocycles. The molecule has 0 fully saturated rings. The molecule has 1 heterocycles. The van der Waals surface area contributed by atoms with Gasteiger partial charge in [0.25, 0.3) is 0 Å². The Morgan fingerprint density at radius 1 is 1.19 bits per heavy atom. The molecular formula is C13H10OS2. The molecule has 3 rings (SSSR count). The zero-order valence-corrected chi connectivity index (χ0v) is 10.2. The smallest absolute Gasteiger partial charge is 0.176 e. The fourth-order valence-corrected chi connectivity index (χ4v) is 4.09. The second kappa shape index (κ2) is 4.07. The molecule has 1 aliphatic carbocycles. The van der Waals surface area contributed by atoms with Crippen LogP contribution in [-0.2, 0) is 6.42 Å². The molecule has 1 unspecified atom stereocenters. The molecule has 1 nitrogen and oxygen atoms in total. The number of Topliss-reactive ketones (excluding diaryl/α,β-unsaturated/α-hetero) is 1. The Morgan fingerprint density at radius 3 is 2.81 bits per heavy atom. The lowest BCUT2D eigenvalue weighted by Gasteiger charge is -2.04. The summed E-state index contributed by atoms with van der Waals surface area (Å²) in [7, 11) is 0. The van der Waals surface area contributed by atoms with Crippen LogP contribution in [0.15, 0.2) is 46.0 Å². The van der Waals surface area contributed by atoms with Gasteiger partial charge in [0.1, 0.15) is 0 Å². The van der Waals surface area contributed by atoms with Gasteiger partial charge in [-0.1, -0.05) is 30.3 Å². The van der Waals surface area contributed by atoms with E-state index in [-0.39, 0.29) is 11.0 Å². The minimum Gasteiger partial charge on any atom is -0.293 e. The number of hydrogen-bond donors (Lipinski definition) is 0. The molecule has 3 heteroatoms. The summed E-state index contributed by atoms with van der Waals surface area (Å²) >= 11 is 3.39. The Labute approximate surface area is 103 Å². The summed E-state index contributed by atoms with van der Waals surface area (Å²) in [5.41, 5.74) is 2.11. The van der Waals surface area contributed by atoms with Crippen LogP contribution >= 0.6 is 23.1 Å². The van der Waals surface area contributed by atoms with Gasteiger partial charge < -0.3 is 0 Å². The number of carbonyl (C=O) groups is 1. The number of benzene rings is 1. The second-order valence-electron chi connectivity index (χ2n) is 3.76. The molecule has 0 spiro atoms. The molecule has 16 heavy (non-hydrogen) atoms. The predicted molar refractivity (Wildman–Crippen MR) is 68.4 cm³/mol. The van der Waals surface area contributed by atoms with Crippen molar-refractivity contribution in [1.82, 2.24) is 0 Å². The van der Waals surface area contributed by atoms with Gasteiger partial charge >= 0.3 is 0 Å². The number of hydrogen-bond acceptors (Lipinski definition) is 3. The highest BCUT2D eigenvalue weighted by atomic mass is 32.2. The zero-order valence-electron chi connectivity index (χ0n) is 8.55. The zero-order chi connectivity index (χ0) is 11.0. The third-order valence-electron chi connectivity index (χ3n) is 2.73. The summed E-state index contributed by atoms with van der Waals surface area (Å²) in [5, 5.41) is 2.13. The van der Waals surface area contributed by atoms with Crippen molar-refractivity contribution in [2.24, 2.45) is 0 Å². The topological polar surface area (TPSA) is 17.1 Å². The Balaban J connectivity index is 1.85. The molecule has 0 saturated heterocycles. The van der Waals surface area contributed by atoms with E-state index in [9.17, 15) is 4.79 Å². The Morgan fingerprint density at radius 2 is 2.06 bits per heavy atom. The van der Waals surface area contributed by atoms with Crippen LogP contribution < -0.4 is 0 Å². The molecule has 80 valence electrons. The predicted octanol–water partition coefficient (Wildman–Crippen LogP) is 3.65. The summed E-state index contributed by atoms with van der Waals surface area (Å²) in [6, 6.07) is 12.0. The standard InChI is InChI=1S/C13H10OS2/c14-13-10-5-2-1-4-9(10)8-11(13)16-12-6-3-7-15-12/h1-7,11H,8H2. The van der Waals surface area contributed by atoms with Crippen LogP contribution in [0.3, 0.4) is 0 Å².